The van der Waals surface area contributed by atoms with Crippen molar-refractivity contribution in [2.45, 2.75) is 32.2 Å². The highest BCUT2D eigenvalue weighted by atomic mass is 79.9. The molecule has 0 bridgehead atoms. The van der Waals surface area contributed by atoms with E-state index in [9.17, 15) is 4.79 Å². The molecule has 4 nitrogen and oxygen atoms in total. The minimum atomic E-state index is -0.196. The van der Waals surface area contributed by atoms with Gasteiger partial charge in [-0.05, 0) is 44.4 Å². The van der Waals surface area contributed by atoms with Gasteiger partial charge in [0, 0.05) is 34.5 Å². The molecule has 104 valence electrons. The second-order valence-corrected chi connectivity index (χ2v) is 6.21. The minimum absolute atomic E-state index is 0.0742. The maximum absolute atomic E-state index is 12.4. The molecule has 0 spiro atoms. The number of carbonyl (C=O) groups is 1. The third-order valence-electron chi connectivity index (χ3n) is 3.67. The number of rotatable bonds is 2. The quantitative estimate of drug-likeness (QED) is 0.821. The average molecular weight is 327 g/mol. The molecule has 3 N–H and O–H groups in total. The molecule has 0 aromatic heterocycles. The van der Waals surface area contributed by atoms with Gasteiger partial charge in [-0.3, -0.25) is 4.79 Å². The fraction of sp³-hybridized carbons (Fsp3) is 0.500. The van der Waals surface area contributed by atoms with Gasteiger partial charge < -0.3 is 15.8 Å². The van der Waals surface area contributed by atoms with Crippen molar-refractivity contribution < 1.29 is 9.53 Å². The first-order chi connectivity index (χ1) is 8.91. The molecule has 0 unspecified atom stereocenters. The van der Waals surface area contributed by atoms with Gasteiger partial charge in [-0.15, -0.1) is 0 Å². The molecule has 1 saturated heterocycles. The van der Waals surface area contributed by atoms with Crippen molar-refractivity contribution in [3.63, 3.8) is 0 Å². The molecule has 1 aliphatic rings. The second kappa shape index (κ2) is 5.51. The first-order valence-corrected chi connectivity index (χ1v) is 7.16. The summed E-state index contributed by atoms with van der Waals surface area (Å²) < 4.78 is 6.15. The van der Waals surface area contributed by atoms with E-state index in [1.165, 1.54) is 0 Å². The first-order valence-electron chi connectivity index (χ1n) is 6.37. The highest BCUT2D eigenvalue weighted by Gasteiger charge is 2.29. The number of benzene rings is 1. The number of halogens is 1. The van der Waals surface area contributed by atoms with Gasteiger partial charge in [0.2, 0.25) is 0 Å². The molecule has 1 heterocycles. The van der Waals surface area contributed by atoms with Crippen LogP contribution in [0.15, 0.2) is 16.6 Å². The van der Waals surface area contributed by atoms with Crippen LogP contribution < -0.4 is 11.1 Å². The summed E-state index contributed by atoms with van der Waals surface area (Å²) in [5.41, 5.74) is 7.76. The van der Waals surface area contributed by atoms with Gasteiger partial charge in [0.15, 0.2) is 0 Å². The average Bonchev–Trinajstić information content (AvgIpc) is 2.34. The van der Waals surface area contributed by atoms with Gasteiger partial charge in [0.1, 0.15) is 0 Å². The van der Waals surface area contributed by atoms with Crippen molar-refractivity contribution >= 4 is 27.5 Å². The number of hydrogen-bond acceptors (Lipinski definition) is 3. The van der Waals surface area contributed by atoms with Crippen LogP contribution in [0, 0.1) is 6.92 Å². The maximum atomic E-state index is 12.4. The smallest absolute Gasteiger partial charge is 0.252 e. The zero-order valence-electron chi connectivity index (χ0n) is 11.3. The molecule has 2 rings (SSSR count). The topological polar surface area (TPSA) is 64.4 Å². The summed E-state index contributed by atoms with van der Waals surface area (Å²) in [4.78, 5) is 12.4. The van der Waals surface area contributed by atoms with E-state index in [4.69, 9.17) is 10.5 Å². The Morgan fingerprint density at radius 2 is 2.05 bits per heavy atom. The summed E-state index contributed by atoms with van der Waals surface area (Å²) in [6, 6.07) is 3.62. The predicted octanol–water partition coefficient (Wildman–Crippen LogP) is 2.64. The highest BCUT2D eigenvalue weighted by molar-refractivity contribution is 9.10. The van der Waals surface area contributed by atoms with Crippen LogP contribution in [0.1, 0.15) is 35.7 Å². The third kappa shape index (κ3) is 3.28. The van der Waals surface area contributed by atoms with Gasteiger partial charge >= 0.3 is 0 Å². The zero-order chi connectivity index (χ0) is 14.0. The van der Waals surface area contributed by atoms with E-state index in [0.29, 0.717) is 24.5 Å². The summed E-state index contributed by atoms with van der Waals surface area (Å²) in [6.45, 7) is 5.31. The molecule has 0 radical (unpaired) electrons. The Kier molecular flexibility index (Phi) is 4.16. The van der Waals surface area contributed by atoms with Gasteiger partial charge in [-0.1, -0.05) is 15.9 Å². The summed E-state index contributed by atoms with van der Waals surface area (Å²) >= 11 is 3.37. The van der Waals surface area contributed by atoms with E-state index in [1.807, 2.05) is 19.1 Å². The van der Waals surface area contributed by atoms with Crippen LogP contribution in [0.3, 0.4) is 0 Å². The molecule has 1 aliphatic heterocycles. The molecular weight excluding hydrogens is 308 g/mol. The Labute approximate surface area is 121 Å². The number of nitrogens with one attached hydrogen (secondary N) is 1. The van der Waals surface area contributed by atoms with Crippen LogP contribution in [0.4, 0.5) is 5.69 Å². The summed E-state index contributed by atoms with van der Waals surface area (Å²) in [5.74, 6) is -0.0742. The predicted molar refractivity (Wildman–Crippen MR) is 79.2 cm³/mol. The van der Waals surface area contributed by atoms with E-state index in [0.717, 1.165) is 22.9 Å². The Bertz CT molecular complexity index is 496. The van der Waals surface area contributed by atoms with Crippen molar-refractivity contribution in [1.29, 1.82) is 0 Å². The molecule has 5 heteroatoms. The molecule has 0 saturated carbocycles. The van der Waals surface area contributed by atoms with E-state index in [-0.39, 0.29) is 11.4 Å². The second-order valence-electron chi connectivity index (χ2n) is 5.29. The zero-order valence-corrected chi connectivity index (χ0v) is 12.8. The molecule has 0 aliphatic carbocycles. The summed E-state index contributed by atoms with van der Waals surface area (Å²) in [6.07, 6.45) is 1.67. The number of nitrogen functional groups attached to an aromatic ring is 1. The van der Waals surface area contributed by atoms with Crippen LogP contribution in [-0.2, 0) is 4.74 Å². The van der Waals surface area contributed by atoms with Crippen LogP contribution in [-0.4, -0.2) is 24.7 Å². The Balaban J connectivity index is 2.20. The normalized spacial score (nSPS) is 18.1. The number of anilines is 1. The largest absolute Gasteiger partial charge is 0.398 e. The molecule has 1 fully saturated rings. The standard InChI is InChI=1S/C14H19BrN2O2/c1-9-11(7-10(15)8-12(9)16)13(18)17-14(2)3-5-19-6-4-14/h7-8H,3-6,16H2,1-2H3,(H,17,18). The molecular formula is C14H19BrN2O2. The fourth-order valence-electron chi connectivity index (χ4n) is 2.22. The number of ether oxygens (including phenoxy) is 1. The Morgan fingerprint density at radius 1 is 1.42 bits per heavy atom. The highest BCUT2D eigenvalue weighted by Crippen LogP contribution is 2.25. The molecule has 1 amide bonds. The van der Waals surface area contributed by atoms with Crippen molar-refractivity contribution in [2.24, 2.45) is 0 Å². The monoisotopic (exact) mass is 326 g/mol. The van der Waals surface area contributed by atoms with Crippen molar-refractivity contribution in [2.75, 3.05) is 18.9 Å². The van der Waals surface area contributed by atoms with Gasteiger partial charge in [-0.25, -0.2) is 0 Å². The lowest BCUT2D eigenvalue weighted by atomic mass is 9.91. The van der Waals surface area contributed by atoms with E-state index in [1.54, 1.807) is 0 Å². The third-order valence-corrected chi connectivity index (χ3v) is 4.13. The molecule has 19 heavy (non-hydrogen) atoms. The SMILES string of the molecule is Cc1c(N)cc(Br)cc1C(=O)NC1(C)CCOCC1. The number of carbonyl (C=O) groups excluding carboxylic acids is 1. The molecule has 0 atom stereocenters. The number of amides is 1. The molecule has 1 aromatic rings. The van der Waals surface area contributed by atoms with Crippen LogP contribution >= 0.6 is 15.9 Å². The van der Waals surface area contributed by atoms with Gasteiger partial charge in [-0.2, -0.15) is 0 Å². The Hall–Kier alpha value is -1.07. The van der Waals surface area contributed by atoms with E-state index in [2.05, 4.69) is 28.2 Å². The lowest BCUT2D eigenvalue weighted by Crippen LogP contribution is -2.49. The molecule has 1 aromatic carbocycles. The van der Waals surface area contributed by atoms with Crippen molar-refractivity contribution in [3.8, 4) is 0 Å². The summed E-state index contributed by atoms with van der Waals surface area (Å²) in [5, 5.41) is 3.11. The Morgan fingerprint density at radius 3 is 2.68 bits per heavy atom. The minimum Gasteiger partial charge on any atom is -0.398 e. The maximum Gasteiger partial charge on any atom is 0.252 e. The number of nitrogens with two attached hydrogens (primary N) is 1. The van der Waals surface area contributed by atoms with Crippen molar-refractivity contribution in [1.82, 2.24) is 5.32 Å². The van der Waals surface area contributed by atoms with Crippen LogP contribution in [0.25, 0.3) is 0 Å². The van der Waals surface area contributed by atoms with Gasteiger partial charge in [0.05, 0.1) is 0 Å². The van der Waals surface area contributed by atoms with Crippen LogP contribution in [0.5, 0.6) is 0 Å². The first kappa shape index (κ1) is 14.3. The van der Waals surface area contributed by atoms with Crippen LogP contribution in [0.2, 0.25) is 0 Å². The summed E-state index contributed by atoms with van der Waals surface area (Å²) in [7, 11) is 0. The van der Waals surface area contributed by atoms with E-state index >= 15 is 0 Å². The van der Waals surface area contributed by atoms with Crippen molar-refractivity contribution in [3.05, 3.63) is 27.7 Å². The van der Waals surface area contributed by atoms with E-state index < -0.39 is 0 Å². The lowest BCUT2D eigenvalue weighted by molar-refractivity contribution is 0.0422. The number of hydrogen-bond donors (Lipinski definition) is 2. The lowest BCUT2D eigenvalue weighted by Gasteiger charge is -2.34. The fourth-order valence-corrected chi connectivity index (χ4v) is 2.70. The van der Waals surface area contributed by atoms with Gasteiger partial charge in [0.25, 0.3) is 5.91 Å².